The van der Waals surface area contributed by atoms with Gasteiger partial charge in [-0.3, -0.25) is 19.2 Å². The fraction of sp³-hybridized carbons (Fsp3) is 0.467. The van der Waals surface area contributed by atoms with Crippen molar-refractivity contribution in [2.45, 2.75) is 65.6 Å². The Hall–Kier alpha value is -3.26. The third-order valence-electron chi connectivity index (χ3n) is 5.75. The van der Waals surface area contributed by atoms with Gasteiger partial charge in [-0.2, -0.15) is 0 Å². The number of rotatable bonds is 17. The molecule has 4 N–H and O–H groups in total. The first-order valence-corrected chi connectivity index (χ1v) is 13.7. The molecule has 246 valence electrons. The van der Waals surface area contributed by atoms with Crippen LogP contribution in [0, 0.1) is 0 Å². The Labute approximate surface area is 269 Å². The summed E-state index contributed by atoms with van der Waals surface area (Å²) < 4.78 is 20.3. The van der Waals surface area contributed by atoms with E-state index >= 15 is 0 Å². The van der Waals surface area contributed by atoms with Crippen LogP contribution in [0.4, 0.5) is 0 Å². The highest BCUT2D eigenvalue weighted by Crippen LogP contribution is 2.28. The minimum absolute atomic E-state index is 0. The maximum absolute atomic E-state index is 11.3. The van der Waals surface area contributed by atoms with Crippen LogP contribution in [0.3, 0.4) is 0 Å². The Morgan fingerprint density at radius 1 is 0.545 bits per heavy atom. The van der Waals surface area contributed by atoms with Crippen LogP contribution in [-0.4, -0.2) is 60.3 Å². The van der Waals surface area contributed by atoms with Crippen LogP contribution in [0.2, 0.25) is 0 Å². The number of hydrogen-bond donors (Lipinski definition) is 4. The summed E-state index contributed by atoms with van der Waals surface area (Å²) in [5.74, 6) is -1.39. The van der Waals surface area contributed by atoms with Gasteiger partial charge in [0.1, 0.15) is 23.0 Å². The Morgan fingerprint density at radius 2 is 0.818 bits per heavy atom. The quantitative estimate of drug-likeness (QED) is 0.110. The van der Waals surface area contributed by atoms with Crippen molar-refractivity contribution in [3.05, 3.63) is 47.5 Å². The molecule has 0 aromatic heterocycles. The first-order chi connectivity index (χ1) is 19.9. The molecule has 0 amide bonds. The minimum Gasteiger partial charge on any atom is -0.427 e. The number of aliphatic hydroxyl groups is 2. The average Bonchev–Trinajstić information content (AvgIpc) is 2.87. The molecule has 0 spiro atoms. The molecule has 0 aliphatic heterocycles. The van der Waals surface area contributed by atoms with E-state index in [4.69, 9.17) is 18.9 Å². The zero-order valence-corrected chi connectivity index (χ0v) is 26.9. The van der Waals surface area contributed by atoms with Gasteiger partial charge < -0.3 is 39.8 Å². The zero-order chi connectivity index (χ0) is 31.1. The molecule has 0 saturated carbocycles. The molecule has 2 aromatic rings. The van der Waals surface area contributed by atoms with Crippen LogP contribution in [-0.2, 0) is 19.2 Å². The number of ether oxygens (including phenoxy) is 4. The summed E-state index contributed by atoms with van der Waals surface area (Å²) in [6.07, 6.45) is 1.91. The highest BCUT2D eigenvalue weighted by atomic mass is 35.5. The second kappa shape index (κ2) is 21.4. The second-order valence-corrected chi connectivity index (χ2v) is 9.70. The van der Waals surface area contributed by atoms with Crippen LogP contribution >= 0.6 is 24.8 Å². The average molecular weight is 662 g/mol. The lowest BCUT2D eigenvalue weighted by Crippen LogP contribution is -2.23. The van der Waals surface area contributed by atoms with Crippen LogP contribution in [0.5, 0.6) is 23.0 Å². The maximum Gasteiger partial charge on any atom is 0.308 e. The Bertz CT molecular complexity index is 1070. The van der Waals surface area contributed by atoms with E-state index in [9.17, 15) is 29.4 Å². The molecule has 0 aliphatic rings. The van der Waals surface area contributed by atoms with Gasteiger partial charge >= 0.3 is 23.9 Å². The van der Waals surface area contributed by atoms with Crippen LogP contribution in [0.1, 0.15) is 76.7 Å². The molecule has 0 fully saturated rings. The first-order valence-electron chi connectivity index (χ1n) is 13.7. The summed E-state index contributed by atoms with van der Waals surface area (Å²) in [7, 11) is 0. The fourth-order valence-corrected chi connectivity index (χ4v) is 4.04. The highest BCUT2D eigenvalue weighted by Gasteiger charge is 2.15. The van der Waals surface area contributed by atoms with Crippen molar-refractivity contribution in [1.82, 2.24) is 10.6 Å². The summed E-state index contributed by atoms with van der Waals surface area (Å²) in [5, 5.41) is 27.5. The van der Waals surface area contributed by atoms with E-state index in [0.717, 1.165) is 25.7 Å². The monoisotopic (exact) mass is 660 g/mol. The van der Waals surface area contributed by atoms with E-state index in [1.54, 1.807) is 0 Å². The molecular weight excluding hydrogens is 619 g/mol. The molecule has 12 nitrogen and oxygen atoms in total. The van der Waals surface area contributed by atoms with Crippen LogP contribution in [0.15, 0.2) is 36.4 Å². The van der Waals surface area contributed by atoms with E-state index in [-0.39, 0.29) is 60.9 Å². The van der Waals surface area contributed by atoms with Gasteiger partial charge in [-0.15, -0.1) is 24.8 Å². The van der Waals surface area contributed by atoms with Crippen molar-refractivity contribution in [1.29, 1.82) is 0 Å². The van der Waals surface area contributed by atoms with Crippen LogP contribution < -0.4 is 29.6 Å². The number of nitrogens with one attached hydrogen (secondary N) is 2. The lowest BCUT2D eigenvalue weighted by molar-refractivity contribution is -0.133. The molecule has 0 bridgehead atoms. The van der Waals surface area contributed by atoms with Gasteiger partial charge in [0.05, 0.1) is 12.2 Å². The van der Waals surface area contributed by atoms with Gasteiger partial charge in [0.25, 0.3) is 0 Å². The smallest absolute Gasteiger partial charge is 0.308 e. The molecule has 0 heterocycles. The number of aliphatic hydroxyl groups excluding tert-OH is 2. The topological polar surface area (TPSA) is 170 Å². The molecule has 0 aliphatic carbocycles. The lowest BCUT2D eigenvalue weighted by Gasteiger charge is -2.15. The van der Waals surface area contributed by atoms with E-state index < -0.39 is 36.1 Å². The number of carbonyl (C=O) groups excluding carboxylic acids is 4. The number of esters is 4. The van der Waals surface area contributed by atoms with Gasteiger partial charge in [-0.05, 0) is 61.3 Å². The first kappa shape index (κ1) is 40.7. The van der Waals surface area contributed by atoms with Crippen LogP contribution in [0.25, 0.3) is 0 Å². The van der Waals surface area contributed by atoms with E-state index in [0.29, 0.717) is 24.2 Å². The van der Waals surface area contributed by atoms with E-state index in [2.05, 4.69) is 10.6 Å². The van der Waals surface area contributed by atoms with Gasteiger partial charge in [-0.1, -0.05) is 12.8 Å². The molecule has 2 rings (SSSR count). The predicted octanol–water partition coefficient (Wildman–Crippen LogP) is 3.74. The highest BCUT2D eigenvalue weighted by molar-refractivity contribution is 5.85. The summed E-state index contributed by atoms with van der Waals surface area (Å²) in [6, 6.07) is 8.93. The second-order valence-electron chi connectivity index (χ2n) is 9.70. The number of halogens is 2. The lowest BCUT2D eigenvalue weighted by atomic mass is 10.1. The third kappa shape index (κ3) is 16.6. The standard InChI is InChI=1S/C30H40N2O10.2ClH/c1-19(33)39-25-11-23(12-26(15-25)40-20(2)34)29(37)17-31-9-7-5-6-8-10-32-18-30(38)24-13-27(41-21(3)35)16-28(14-24)42-22(4)36;;/h11-16,29-32,37-38H,5-10,17-18H2,1-4H3;2*1H. The van der Waals surface area contributed by atoms with E-state index in [1.807, 2.05) is 0 Å². The number of hydrogen-bond acceptors (Lipinski definition) is 12. The van der Waals surface area contributed by atoms with Crippen molar-refractivity contribution in [3.63, 3.8) is 0 Å². The summed E-state index contributed by atoms with van der Waals surface area (Å²) in [6.45, 7) is 6.93. The fourth-order valence-electron chi connectivity index (χ4n) is 4.04. The van der Waals surface area contributed by atoms with Crippen molar-refractivity contribution < 1.29 is 48.3 Å². The number of carbonyl (C=O) groups is 4. The molecule has 44 heavy (non-hydrogen) atoms. The van der Waals surface area contributed by atoms with Crippen molar-refractivity contribution in [2.75, 3.05) is 26.2 Å². The normalized spacial score (nSPS) is 11.7. The van der Waals surface area contributed by atoms with Gasteiger partial charge in [-0.25, -0.2) is 0 Å². The maximum atomic E-state index is 11.3. The molecule has 0 saturated heterocycles. The van der Waals surface area contributed by atoms with Crippen molar-refractivity contribution >= 4 is 48.7 Å². The third-order valence-corrected chi connectivity index (χ3v) is 5.75. The van der Waals surface area contributed by atoms with Gasteiger partial charge in [0.2, 0.25) is 0 Å². The summed E-state index contributed by atoms with van der Waals surface area (Å²) >= 11 is 0. The number of unbranched alkanes of at least 4 members (excludes halogenated alkanes) is 3. The molecule has 2 aromatic carbocycles. The largest absolute Gasteiger partial charge is 0.427 e. The van der Waals surface area contributed by atoms with E-state index in [1.165, 1.54) is 64.1 Å². The Kier molecular flexibility index (Phi) is 19.9. The van der Waals surface area contributed by atoms with Gasteiger partial charge in [0, 0.05) is 52.9 Å². The molecular formula is C30H42Cl2N2O10. The SMILES string of the molecule is CC(=O)Oc1cc(OC(C)=O)cc(C(O)CNCCCCCCNCC(O)c2cc(OC(C)=O)cc(OC(C)=O)c2)c1.Cl.Cl. The minimum atomic E-state index is -0.898. The predicted molar refractivity (Wildman–Crippen MR) is 167 cm³/mol. The molecule has 0 radical (unpaired) electrons. The number of benzene rings is 2. The zero-order valence-electron chi connectivity index (χ0n) is 25.3. The van der Waals surface area contributed by atoms with Crippen molar-refractivity contribution in [3.8, 4) is 23.0 Å². The Morgan fingerprint density at radius 3 is 1.07 bits per heavy atom. The van der Waals surface area contributed by atoms with Gasteiger partial charge in [0.15, 0.2) is 0 Å². The summed E-state index contributed by atoms with van der Waals surface area (Å²) in [5.41, 5.74) is 0.901. The Balaban J connectivity index is 0.00000924. The van der Waals surface area contributed by atoms with Crippen molar-refractivity contribution in [2.24, 2.45) is 0 Å². The summed E-state index contributed by atoms with van der Waals surface area (Å²) in [4.78, 5) is 45.2. The molecule has 14 heteroatoms. The molecule has 2 atom stereocenters. The molecule has 2 unspecified atom stereocenters.